The Morgan fingerprint density at radius 1 is 1.25 bits per heavy atom. The highest BCUT2D eigenvalue weighted by Gasteiger charge is 2.22. The number of nitrogens with one attached hydrogen (secondary N) is 1. The van der Waals surface area contributed by atoms with E-state index in [0.717, 1.165) is 28.6 Å². The molecular formula is C14H13BrCl3NS. The summed E-state index contributed by atoms with van der Waals surface area (Å²) in [4.78, 5) is 0. The molecule has 108 valence electrons. The fourth-order valence-electron chi connectivity index (χ4n) is 1.97. The second-order valence-electron chi connectivity index (χ2n) is 4.31. The van der Waals surface area contributed by atoms with Crippen LogP contribution in [-0.4, -0.2) is 6.54 Å². The molecule has 0 saturated carbocycles. The Kier molecular flexibility index (Phi) is 6.21. The van der Waals surface area contributed by atoms with Crippen molar-refractivity contribution in [1.29, 1.82) is 0 Å². The molecule has 6 heteroatoms. The minimum absolute atomic E-state index is 0.0591. The Bertz CT molecular complexity index is 600. The van der Waals surface area contributed by atoms with Crippen molar-refractivity contribution >= 4 is 62.1 Å². The molecule has 0 saturated heterocycles. The predicted octanol–water partition coefficient (Wildman–Crippen LogP) is 6.56. The molecule has 1 aromatic carbocycles. The minimum Gasteiger partial charge on any atom is -0.306 e. The summed E-state index contributed by atoms with van der Waals surface area (Å²) in [5, 5.41) is 4.18. The summed E-state index contributed by atoms with van der Waals surface area (Å²) < 4.78 is 2.25. The summed E-state index contributed by atoms with van der Waals surface area (Å²) in [7, 11) is 0. The summed E-state index contributed by atoms with van der Waals surface area (Å²) in [6.45, 7) is 2.99. The maximum atomic E-state index is 6.42. The lowest BCUT2D eigenvalue weighted by atomic mass is 10.0. The Balaban J connectivity index is 2.47. The zero-order valence-electron chi connectivity index (χ0n) is 10.7. The zero-order chi connectivity index (χ0) is 14.7. The van der Waals surface area contributed by atoms with Gasteiger partial charge in [0.1, 0.15) is 0 Å². The molecule has 0 fully saturated rings. The van der Waals surface area contributed by atoms with E-state index in [0.29, 0.717) is 13.7 Å². The van der Waals surface area contributed by atoms with Crippen LogP contribution in [-0.2, 0) is 0 Å². The van der Waals surface area contributed by atoms with Crippen LogP contribution in [0.4, 0.5) is 0 Å². The molecule has 0 spiro atoms. The molecule has 0 aliphatic rings. The highest BCUT2D eigenvalue weighted by atomic mass is 79.9. The van der Waals surface area contributed by atoms with Crippen molar-refractivity contribution in [2.75, 3.05) is 6.54 Å². The van der Waals surface area contributed by atoms with E-state index in [1.54, 1.807) is 0 Å². The van der Waals surface area contributed by atoms with Gasteiger partial charge in [0, 0.05) is 10.0 Å². The molecule has 0 aliphatic carbocycles. The number of halogens is 4. The third-order valence-electron chi connectivity index (χ3n) is 2.88. The van der Waals surface area contributed by atoms with Crippen molar-refractivity contribution in [3.8, 4) is 0 Å². The quantitative estimate of drug-likeness (QED) is 0.585. The van der Waals surface area contributed by atoms with Crippen LogP contribution in [0.3, 0.4) is 0 Å². The van der Waals surface area contributed by atoms with Crippen LogP contribution in [0.1, 0.15) is 30.5 Å². The minimum atomic E-state index is -0.0591. The molecule has 2 rings (SSSR count). The topological polar surface area (TPSA) is 12.0 Å². The van der Waals surface area contributed by atoms with Gasteiger partial charge in [-0.15, -0.1) is 11.3 Å². The van der Waals surface area contributed by atoms with E-state index in [2.05, 4.69) is 28.2 Å². The van der Waals surface area contributed by atoms with Gasteiger partial charge in [0.05, 0.1) is 19.7 Å². The second-order valence-corrected chi connectivity index (χ2v) is 7.83. The van der Waals surface area contributed by atoms with Gasteiger partial charge in [-0.3, -0.25) is 0 Å². The van der Waals surface area contributed by atoms with Crippen molar-refractivity contribution in [3.05, 3.63) is 53.6 Å². The summed E-state index contributed by atoms with van der Waals surface area (Å²) >= 11 is 23.6. The van der Waals surface area contributed by atoms with Crippen molar-refractivity contribution in [2.24, 2.45) is 0 Å². The SMILES string of the molecule is CCCNC(c1cc(Cl)sc1Cl)c1cccc(Br)c1Cl. The normalized spacial score (nSPS) is 12.7. The number of benzene rings is 1. The van der Waals surface area contributed by atoms with Gasteiger partial charge in [-0.2, -0.15) is 0 Å². The fourth-order valence-corrected chi connectivity index (χ4v) is 4.12. The predicted molar refractivity (Wildman–Crippen MR) is 93.6 cm³/mol. The molecule has 1 heterocycles. The van der Waals surface area contributed by atoms with Gasteiger partial charge in [-0.1, -0.05) is 53.9 Å². The fraction of sp³-hybridized carbons (Fsp3) is 0.286. The van der Waals surface area contributed by atoms with Crippen LogP contribution in [0.25, 0.3) is 0 Å². The van der Waals surface area contributed by atoms with Crippen molar-refractivity contribution in [3.63, 3.8) is 0 Å². The first kappa shape index (κ1) is 16.6. The smallest absolute Gasteiger partial charge is 0.0995 e. The van der Waals surface area contributed by atoms with Gasteiger partial charge in [-0.05, 0) is 46.6 Å². The Hall–Kier alpha value is 0.230. The number of thiophene rings is 1. The molecule has 0 aliphatic heterocycles. The van der Waals surface area contributed by atoms with Gasteiger partial charge in [0.25, 0.3) is 0 Å². The Morgan fingerprint density at radius 2 is 2.00 bits per heavy atom. The van der Waals surface area contributed by atoms with E-state index in [1.165, 1.54) is 11.3 Å². The van der Waals surface area contributed by atoms with E-state index < -0.39 is 0 Å². The summed E-state index contributed by atoms with van der Waals surface area (Å²) in [5.74, 6) is 0. The van der Waals surface area contributed by atoms with Crippen LogP contribution in [0.5, 0.6) is 0 Å². The standard InChI is InChI=1S/C14H13BrCl3NS/c1-2-6-19-13(9-7-11(16)20-14(9)18)8-4-3-5-10(15)12(8)17/h3-5,7,13,19H,2,6H2,1H3. The van der Waals surface area contributed by atoms with Crippen molar-refractivity contribution in [2.45, 2.75) is 19.4 Å². The average molecular weight is 414 g/mol. The first-order valence-electron chi connectivity index (χ1n) is 6.16. The summed E-state index contributed by atoms with van der Waals surface area (Å²) in [6.07, 6.45) is 1.03. The largest absolute Gasteiger partial charge is 0.306 e. The molecular weight excluding hydrogens is 400 g/mol. The van der Waals surface area contributed by atoms with Crippen LogP contribution >= 0.6 is 62.1 Å². The van der Waals surface area contributed by atoms with E-state index in [9.17, 15) is 0 Å². The molecule has 1 N–H and O–H groups in total. The first-order valence-corrected chi connectivity index (χ1v) is 8.91. The summed E-state index contributed by atoms with van der Waals surface area (Å²) in [6, 6.07) is 7.73. The maximum Gasteiger partial charge on any atom is 0.0995 e. The number of hydrogen-bond acceptors (Lipinski definition) is 2. The van der Waals surface area contributed by atoms with Crippen molar-refractivity contribution in [1.82, 2.24) is 5.32 Å². The molecule has 1 unspecified atom stereocenters. The molecule has 0 radical (unpaired) electrons. The van der Waals surface area contributed by atoms with Gasteiger partial charge in [0.2, 0.25) is 0 Å². The Labute approximate surface area is 146 Å². The van der Waals surface area contributed by atoms with E-state index >= 15 is 0 Å². The lowest BCUT2D eigenvalue weighted by Crippen LogP contribution is -2.23. The van der Waals surface area contributed by atoms with Crippen LogP contribution < -0.4 is 5.32 Å². The highest BCUT2D eigenvalue weighted by Crippen LogP contribution is 2.40. The maximum absolute atomic E-state index is 6.42. The third kappa shape index (κ3) is 3.70. The monoisotopic (exact) mass is 411 g/mol. The van der Waals surface area contributed by atoms with E-state index in [-0.39, 0.29) is 6.04 Å². The third-order valence-corrected chi connectivity index (χ3v) is 5.71. The number of rotatable bonds is 5. The first-order chi connectivity index (χ1) is 9.54. The van der Waals surface area contributed by atoms with Crippen LogP contribution in [0, 0.1) is 0 Å². The molecule has 0 bridgehead atoms. The van der Waals surface area contributed by atoms with Gasteiger partial charge >= 0.3 is 0 Å². The Morgan fingerprint density at radius 3 is 2.60 bits per heavy atom. The van der Waals surface area contributed by atoms with Crippen LogP contribution in [0.15, 0.2) is 28.7 Å². The summed E-state index contributed by atoms with van der Waals surface area (Å²) in [5.41, 5.74) is 1.96. The highest BCUT2D eigenvalue weighted by molar-refractivity contribution is 9.10. The lowest BCUT2D eigenvalue weighted by molar-refractivity contribution is 0.600. The van der Waals surface area contributed by atoms with Gasteiger partial charge in [-0.25, -0.2) is 0 Å². The van der Waals surface area contributed by atoms with Gasteiger partial charge in [0.15, 0.2) is 0 Å². The lowest BCUT2D eigenvalue weighted by Gasteiger charge is -2.20. The van der Waals surface area contributed by atoms with Crippen molar-refractivity contribution < 1.29 is 0 Å². The molecule has 1 aromatic heterocycles. The average Bonchev–Trinajstić information content (AvgIpc) is 2.74. The molecule has 1 atom stereocenters. The molecule has 0 amide bonds. The molecule has 1 nitrogen and oxygen atoms in total. The van der Waals surface area contributed by atoms with E-state index in [4.69, 9.17) is 34.8 Å². The van der Waals surface area contributed by atoms with Gasteiger partial charge < -0.3 is 5.32 Å². The van der Waals surface area contributed by atoms with Crippen LogP contribution in [0.2, 0.25) is 13.7 Å². The van der Waals surface area contributed by atoms with E-state index in [1.807, 2.05) is 24.3 Å². The number of hydrogen-bond donors (Lipinski definition) is 1. The zero-order valence-corrected chi connectivity index (χ0v) is 15.4. The molecule has 2 aromatic rings. The second kappa shape index (κ2) is 7.48. The molecule has 20 heavy (non-hydrogen) atoms.